The second kappa shape index (κ2) is 5.57. The van der Waals surface area contributed by atoms with Crippen LogP contribution in [0.15, 0.2) is 0 Å². The van der Waals surface area contributed by atoms with E-state index in [-0.39, 0.29) is 17.4 Å². The lowest BCUT2D eigenvalue weighted by atomic mass is 9.66. The first-order valence-electron chi connectivity index (χ1n) is 7.05. The van der Waals surface area contributed by atoms with Gasteiger partial charge in [-0.15, -0.1) is 0 Å². The van der Waals surface area contributed by atoms with E-state index >= 15 is 0 Å². The number of amides is 1. The van der Waals surface area contributed by atoms with E-state index in [1.54, 1.807) is 7.11 Å². The summed E-state index contributed by atoms with van der Waals surface area (Å²) in [5, 5.41) is 9.61. The number of likely N-dealkylation sites (tertiary alicyclic amines) is 1. The van der Waals surface area contributed by atoms with E-state index in [2.05, 4.69) is 0 Å². The second-order valence-corrected chi connectivity index (χ2v) is 5.92. The van der Waals surface area contributed by atoms with Crippen molar-refractivity contribution in [2.75, 3.05) is 26.8 Å². The molecular weight excluding hydrogens is 230 g/mol. The maximum atomic E-state index is 12.6. The second-order valence-electron chi connectivity index (χ2n) is 5.92. The predicted octanol–water partition coefficient (Wildman–Crippen LogP) is 1.42. The van der Waals surface area contributed by atoms with E-state index in [9.17, 15) is 9.90 Å². The molecule has 0 aromatic carbocycles. The van der Waals surface area contributed by atoms with Crippen molar-refractivity contribution in [3.8, 4) is 0 Å². The fraction of sp³-hybridized carbons (Fsp3) is 0.929. The van der Waals surface area contributed by atoms with Crippen LogP contribution in [0.4, 0.5) is 0 Å². The van der Waals surface area contributed by atoms with Gasteiger partial charge >= 0.3 is 0 Å². The molecule has 18 heavy (non-hydrogen) atoms. The summed E-state index contributed by atoms with van der Waals surface area (Å²) in [5.41, 5.74) is -0.149. The third-order valence-electron chi connectivity index (χ3n) is 4.74. The Bertz CT molecular complexity index is 299. The number of rotatable bonds is 5. The largest absolute Gasteiger partial charge is 0.393 e. The molecule has 2 rings (SSSR count). The van der Waals surface area contributed by atoms with Gasteiger partial charge in [-0.1, -0.05) is 6.42 Å². The molecule has 2 atom stereocenters. The van der Waals surface area contributed by atoms with E-state index in [4.69, 9.17) is 4.74 Å². The first-order valence-corrected chi connectivity index (χ1v) is 7.05. The zero-order valence-corrected chi connectivity index (χ0v) is 11.5. The Morgan fingerprint density at radius 2 is 2.28 bits per heavy atom. The van der Waals surface area contributed by atoms with Gasteiger partial charge in [-0.2, -0.15) is 0 Å². The number of nitrogens with zero attached hydrogens (tertiary/aromatic N) is 1. The number of aliphatic hydroxyl groups is 1. The highest BCUT2D eigenvalue weighted by Gasteiger charge is 2.47. The van der Waals surface area contributed by atoms with Crippen molar-refractivity contribution >= 4 is 5.91 Å². The maximum Gasteiger partial charge on any atom is 0.228 e. The number of hydrogen-bond donors (Lipinski definition) is 1. The van der Waals surface area contributed by atoms with E-state index in [1.165, 1.54) is 0 Å². The maximum absolute atomic E-state index is 12.6. The standard InChI is InChI=1S/C14H25NO3/c1-11(16)12-4-8-15(10-12)13(17)14(5-3-6-14)7-9-18-2/h11-12,16H,3-10H2,1-2H3. The Hall–Kier alpha value is -0.610. The molecule has 1 aliphatic carbocycles. The van der Waals surface area contributed by atoms with Crippen LogP contribution >= 0.6 is 0 Å². The van der Waals surface area contributed by atoms with Crippen LogP contribution in [0, 0.1) is 11.3 Å². The molecule has 4 nitrogen and oxygen atoms in total. The minimum atomic E-state index is -0.306. The fourth-order valence-corrected chi connectivity index (χ4v) is 3.17. The third kappa shape index (κ3) is 2.54. The van der Waals surface area contributed by atoms with Crippen molar-refractivity contribution in [1.82, 2.24) is 4.90 Å². The number of carbonyl (C=O) groups excluding carboxylic acids is 1. The zero-order chi connectivity index (χ0) is 13.2. The Labute approximate surface area is 109 Å². The van der Waals surface area contributed by atoms with Gasteiger partial charge in [0, 0.05) is 32.7 Å². The van der Waals surface area contributed by atoms with Crippen LogP contribution in [-0.4, -0.2) is 48.8 Å². The van der Waals surface area contributed by atoms with Crippen LogP contribution in [0.3, 0.4) is 0 Å². The Kier molecular flexibility index (Phi) is 4.28. The zero-order valence-electron chi connectivity index (χ0n) is 11.5. The SMILES string of the molecule is COCCC1(C(=O)N2CCC(C(C)O)C2)CCC1. The summed E-state index contributed by atoms with van der Waals surface area (Å²) in [6.07, 6.45) is 4.64. The van der Waals surface area contributed by atoms with E-state index in [0.29, 0.717) is 12.5 Å². The van der Waals surface area contributed by atoms with Gasteiger partial charge < -0.3 is 14.7 Å². The summed E-state index contributed by atoms with van der Waals surface area (Å²) < 4.78 is 5.13. The minimum Gasteiger partial charge on any atom is -0.393 e. The Morgan fingerprint density at radius 1 is 1.56 bits per heavy atom. The van der Waals surface area contributed by atoms with Gasteiger partial charge in [0.05, 0.1) is 11.5 Å². The number of carbonyl (C=O) groups is 1. The van der Waals surface area contributed by atoms with Crippen LogP contribution < -0.4 is 0 Å². The Balaban J connectivity index is 1.94. The molecule has 0 aromatic rings. The Morgan fingerprint density at radius 3 is 2.72 bits per heavy atom. The van der Waals surface area contributed by atoms with E-state index in [0.717, 1.165) is 45.2 Å². The molecule has 2 unspecified atom stereocenters. The molecule has 0 radical (unpaired) electrons. The average Bonchev–Trinajstić information content (AvgIpc) is 2.76. The van der Waals surface area contributed by atoms with Crippen molar-refractivity contribution in [1.29, 1.82) is 0 Å². The van der Waals surface area contributed by atoms with Crippen molar-refractivity contribution in [2.45, 2.75) is 45.1 Å². The first-order chi connectivity index (χ1) is 8.59. The van der Waals surface area contributed by atoms with Gasteiger partial charge in [-0.3, -0.25) is 4.79 Å². The number of hydrogen-bond acceptors (Lipinski definition) is 3. The molecule has 2 aliphatic rings. The third-order valence-corrected chi connectivity index (χ3v) is 4.74. The molecule has 1 heterocycles. The molecule has 1 amide bonds. The molecule has 1 N–H and O–H groups in total. The van der Waals surface area contributed by atoms with Crippen molar-refractivity contribution in [3.05, 3.63) is 0 Å². The molecule has 4 heteroatoms. The highest BCUT2D eigenvalue weighted by Crippen LogP contribution is 2.46. The fourth-order valence-electron chi connectivity index (χ4n) is 3.17. The lowest BCUT2D eigenvalue weighted by Gasteiger charge is -2.42. The van der Waals surface area contributed by atoms with Gasteiger partial charge in [-0.05, 0) is 32.6 Å². The van der Waals surface area contributed by atoms with Gasteiger partial charge in [0.2, 0.25) is 5.91 Å². The van der Waals surface area contributed by atoms with E-state index < -0.39 is 0 Å². The molecule has 0 spiro atoms. The molecule has 2 fully saturated rings. The van der Waals surface area contributed by atoms with Crippen LogP contribution in [0.2, 0.25) is 0 Å². The topological polar surface area (TPSA) is 49.8 Å². The monoisotopic (exact) mass is 255 g/mol. The number of aliphatic hydroxyl groups excluding tert-OH is 1. The summed E-state index contributed by atoms with van der Waals surface area (Å²) in [5.74, 6) is 0.558. The van der Waals surface area contributed by atoms with Crippen molar-refractivity contribution < 1.29 is 14.6 Å². The molecular formula is C14H25NO3. The van der Waals surface area contributed by atoms with Crippen molar-refractivity contribution in [3.63, 3.8) is 0 Å². The smallest absolute Gasteiger partial charge is 0.228 e. The molecule has 1 aliphatic heterocycles. The number of methoxy groups -OCH3 is 1. The molecule has 0 bridgehead atoms. The van der Waals surface area contributed by atoms with Gasteiger partial charge in [0.15, 0.2) is 0 Å². The van der Waals surface area contributed by atoms with Crippen molar-refractivity contribution in [2.24, 2.45) is 11.3 Å². The average molecular weight is 255 g/mol. The van der Waals surface area contributed by atoms with Crippen LogP contribution in [-0.2, 0) is 9.53 Å². The quantitative estimate of drug-likeness (QED) is 0.808. The minimum absolute atomic E-state index is 0.149. The lowest BCUT2D eigenvalue weighted by Crippen LogP contribution is -2.48. The van der Waals surface area contributed by atoms with Crippen LogP contribution in [0.1, 0.15) is 39.0 Å². The molecule has 1 saturated carbocycles. The highest BCUT2D eigenvalue weighted by atomic mass is 16.5. The first kappa shape index (κ1) is 13.8. The summed E-state index contributed by atoms with van der Waals surface area (Å²) >= 11 is 0. The van der Waals surface area contributed by atoms with Crippen LogP contribution in [0.5, 0.6) is 0 Å². The van der Waals surface area contributed by atoms with E-state index in [1.807, 2.05) is 11.8 Å². The summed E-state index contributed by atoms with van der Waals surface area (Å²) in [4.78, 5) is 14.6. The normalized spacial score (nSPS) is 27.9. The highest BCUT2D eigenvalue weighted by molar-refractivity contribution is 5.83. The molecule has 104 valence electrons. The summed E-state index contributed by atoms with van der Waals surface area (Å²) in [6, 6.07) is 0. The predicted molar refractivity (Wildman–Crippen MR) is 69.1 cm³/mol. The van der Waals surface area contributed by atoms with Gasteiger partial charge in [0.25, 0.3) is 0 Å². The molecule has 0 aromatic heterocycles. The lowest BCUT2D eigenvalue weighted by molar-refractivity contribution is -0.148. The molecule has 1 saturated heterocycles. The van der Waals surface area contributed by atoms with Crippen LogP contribution in [0.25, 0.3) is 0 Å². The van der Waals surface area contributed by atoms with Gasteiger partial charge in [0.1, 0.15) is 0 Å². The van der Waals surface area contributed by atoms with Gasteiger partial charge in [-0.25, -0.2) is 0 Å². The number of ether oxygens (including phenoxy) is 1. The summed E-state index contributed by atoms with van der Waals surface area (Å²) in [7, 11) is 1.69. The summed E-state index contributed by atoms with van der Waals surface area (Å²) in [6.45, 7) is 4.02.